The first-order valence-corrected chi connectivity index (χ1v) is 10.7. The molecule has 1 heterocycles. The highest BCUT2D eigenvalue weighted by Crippen LogP contribution is 2.44. The van der Waals surface area contributed by atoms with Gasteiger partial charge in [-0.3, -0.25) is 0 Å². The number of urea groups is 1. The molecule has 1 aliphatic rings. The molecule has 1 aliphatic carbocycles. The van der Waals surface area contributed by atoms with Gasteiger partial charge in [0.1, 0.15) is 5.75 Å². The smallest absolute Gasteiger partial charge is 0.319 e. The zero-order valence-corrected chi connectivity index (χ0v) is 17.7. The van der Waals surface area contributed by atoms with Crippen molar-refractivity contribution in [2.45, 2.75) is 45.1 Å². The Balaban J connectivity index is 1.65. The zero-order chi connectivity index (χ0) is 21.1. The number of unbranched alkanes of at least 4 members (excludes halogenated alkanes) is 1. The number of fused-ring (bicyclic) bond motifs is 1. The van der Waals surface area contributed by atoms with Gasteiger partial charge in [-0.15, -0.1) is 0 Å². The first-order valence-electron chi connectivity index (χ1n) is 10.7. The lowest BCUT2D eigenvalue weighted by molar-refractivity contribution is 0.252. The van der Waals surface area contributed by atoms with Crippen LogP contribution in [0.15, 0.2) is 42.5 Å². The molecule has 4 rings (SSSR count). The van der Waals surface area contributed by atoms with E-state index in [1.165, 1.54) is 19.3 Å². The Hall–Kier alpha value is -3.15. The molecule has 0 saturated heterocycles. The third kappa shape index (κ3) is 3.82. The van der Waals surface area contributed by atoms with Gasteiger partial charge in [-0.25, -0.2) is 4.79 Å². The molecule has 6 nitrogen and oxygen atoms in total. The number of hydrogen-bond donors (Lipinski definition) is 3. The number of hydrogen-bond acceptors (Lipinski definition) is 3. The minimum absolute atomic E-state index is 0.175. The van der Waals surface area contributed by atoms with Gasteiger partial charge in [0.2, 0.25) is 0 Å². The predicted molar refractivity (Wildman–Crippen MR) is 123 cm³/mol. The Morgan fingerprint density at radius 2 is 1.97 bits per heavy atom. The molecule has 2 amide bonds. The molecular formula is C24H30N4O2. The highest BCUT2D eigenvalue weighted by molar-refractivity contribution is 6.02. The summed E-state index contributed by atoms with van der Waals surface area (Å²) in [7, 11) is 1.67. The maximum absolute atomic E-state index is 12.0. The van der Waals surface area contributed by atoms with Crippen LogP contribution < -0.4 is 21.1 Å². The topological polar surface area (TPSA) is 81.3 Å². The van der Waals surface area contributed by atoms with Crippen molar-refractivity contribution in [2.24, 2.45) is 0 Å². The molecule has 1 saturated carbocycles. The molecule has 3 aromatic rings. The maximum Gasteiger partial charge on any atom is 0.319 e. The lowest BCUT2D eigenvalue weighted by Crippen LogP contribution is -2.29. The molecule has 4 N–H and O–H groups in total. The van der Waals surface area contributed by atoms with Gasteiger partial charge in [-0.2, -0.15) is 0 Å². The largest absolute Gasteiger partial charge is 0.497 e. The van der Waals surface area contributed by atoms with Crippen molar-refractivity contribution >= 4 is 28.3 Å². The fraction of sp³-hybridized carbons (Fsp3) is 0.375. The minimum Gasteiger partial charge on any atom is -0.497 e. The minimum atomic E-state index is -0.175. The van der Waals surface area contributed by atoms with Crippen molar-refractivity contribution in [3.8, 4) is 17.0 Å². The number of anilines is 2. The van der Waals surface area contributed by atoms with Crippen LogP contribution in [0, 0.1) is 0 Å². The first kappa shape index (κ1) is 20.1. The van der Waals surface area contributed by atoms with E-state index >= 15 is 0 Å². The highest BCUT2D eigenvalue weighted by atomic mass is 16.5. The van der Waals surface area contributed by atoms with Crippen LogP contribution in [0.5, 0.6) is 5.75 Å². The number of amides is 2. The number of benzene rings is 2. The summed E-state index contributed by atoms with van der Waals surface area (Å²) in [6.07, 6.45) is 5.61. The molecular weight excluding hydrogens is 376 g/mol. The second-order valence-corrected chi connectivity index (χ2v) is 7.91. The Bertz CT molecular complexity index is 1040. The molecule has 1 fully saturated rings. The van der Waals surface area contributed by atoms with Crippen LogP contribution in [0.2, 0.25) is 0 Å². The molecule has 6 heteroatoms. The van der Waals surface area contributed by atoms with Crippen LogP contribution in [0.1, 0.15) is 45.1 Å². The maximum atomic E-state index is 12.0. The van der Waals surface area contributed by atoms with E-state index in [9.17, 15) is 4.79 Å². The summed E-state index contributed by atoms with van der Waals surface area (Å²) >= 11 is 0. The van der Waals surface area contributed by atoms with Crippen molar-refractivity contribution in [3.05, 3.63) is 42.5 Å². The highest BCUT2D eigenvalue weighted by Gasteiger charge is 2.27. The summed E-state index contributed by atoms with van der Waals surface area (Å²) in [4.78, 5) is 12.0. The number of carbonyl (C=O) groups is 1. The van der Waals surface area contributed by atoms with Crippen molar-refractivity contribution < 1.29 is 9.53 Å². The van der Waals surface area contributed by atoms with Crippen LogP contribution >= 0.6 is 0 Å². The number of rotatable bonds is 7. The Morgan fingerprint density at radius 3 is 2.60 bits per heavy atom. The van der Waals surface area contributed by atoms with Gasteiger partial charge in [0.25, 0.3) is 0 Å². The van der Waals surface area contributed by atoms with E-state index in [0.29, 0.717) is 12.6 Å². The summed E-state index contributed by atoms with van der Waals surface area (Å²) in [5.41, 5.74) is 11.4. The molecule has 0 aliphatic heterocycles. The summed E-state index contributed by atoms with van der Waals surface area (Å²) in [6, 6.07) is 14.3. The molecule has 158 valence electrons. The van der Waals surface area contributed by atoms with E-state index < -0.39 is 0 Å². The number of ether oxygens (including phenoxy) is 1. The number of nitrogens with two attached hydrogens (primary N) is 1. The predicted octanol–water partition coefficient (Wildman–Crippen LogP) is 5.55. The number of aromatic nitrogens is 1. The first-order chi connectivity index (χ1) is 14.6. The van der Waals surface area contributed by atoms with Crippen molar-refractivity contribution in [1.82, 2.24) is 9.88 Å². The number of carbonyl (C=O) groups excluding carboxylic acids is 1. The average Bonchev–Trinajstić information content (AvgIpc) is 2.99. The number of nitrogens with one attached hydrogen (secondary N) is 2. The van der Waals surface area contributed by atoms with Crippen molar-refractivity contribution in [1.29, 1.82) is 0 Å². The number of nitrogen functional groups attached to an aromatic ring is 1. The van der Waals surface area contributed by atoms with Crippen molar-refractivity contribution in [3.63, 3.8) is 0 Å². The van der Waals surface area contributed by atoms with Gasteiger partial charge in [0, 0.05) is 29.2 Å². The molecule has 1 aromatic heterocycles. The fourth-order valence-corrected chi connectivity index (χ4v) is 4.03. The Kier molecular flexibility index (Phi) is 5.84. The Labute approximate surface area is 177 Å². The summed E-state index contributed by atoms with van der Waals surface area (Å²) in [5.74, 6) is 0.806. The van der Waals surface area contributed by atoms with E-state index in [4.69, 9.17) is 10.5 Å². The second-order valence-electron chi connectivity index (χ2n) is 7.91. The molecule has 0 atom stereocenters. The molecule has 0 spiro atoms. The molecule has 0 bridgehead atoms. The van der Waals surface area contributed by atoms with Gasteiger partial charge in [0.15, 0.2) is 0 Å². The second kappa shape index (κ2) is 8.69. The van der Waals surface area contributed by atoms with E-state index in [2.05, 4.69) is 28.2 Å². The lowest BCUT2D eigenvalue weighted by atomic mass is 9.92. The third-order valence-electron chi connectivity index (χ3n) is 5.92. The monoisotopic (exact) mass is 406 g/mol. The summed E-state index contributed by atoms with van der Waals surface area (Å²) in [5, 5.41) is 6.78. The number of nitrogens with zero attached hydrogens (tertiary/aromatic N) is 1. The quantitative estimate of drug-likeness (QED) is 0.450. The van der Waals surface area contributed by atoms with E-state index in [0.717, 1.165) is 52.1 Å². The van der Waals surface area contributed by atoms with E-state index in [-0.39, 0.29) is 6.03 Å². The van der Waals surface area contributed by atoms with Crippen LogP contribution in [0.3, 0.4) is 0 Å². The van der Waals surface area contributed by atoms with Gasteiger partial charge in [0.05, 0.1) is 24.0 Å². The van der Waals surface area contributed by atoms with Crippen LogP contribution in [0.25, 0.3) is 22.2 Å². The SMILES string of the molecule is CCCCNC(=O)Nc1ccc(-c2c(N)c3cc(OC)ccc3n2C2CCC2)cc1. The normalized spacial score (nSPS) is 13.8. The Morgan fingerprint density at radius 1 is 1.20 bits per heavy atom. The van der Waals surface area contributed by atoms with E-state index in [1.54, 1.807) is 7.11 Å². The van der Waals surface area contributed by atoms with Crippen LogP contribution in [0.4, 0.5) is 16.2 Å². The third-order valence-corrected chi connectivity index (χ3v) is 5.92. The standard InChI is InChI=1S/C24H30N4O2/c1-3-4-14-26-24(29)27-17-10-8-16(9-11-17)23-22(25)20-15-19(30-2)12-13-21(20)28(23)18-6-5-7-18/h8-13,15,18H,3-7,14,25H2,1-2H3,(H2,26,27,29). The number of methoxy groups -OCH3 is 1. The van der Waals surface area contributed by atoms with Crippen LogP contribution in [-0.4, -0.2) is 24.3 Å². The van der Waals surface area contributed by atoms with Gasteiger partial charge in [-0.1, -0.05) is 25.5 Å². The molecule has 30 heavy (non-hydrogen) atoms. The lowest BCUT2D eigenvalue weighted by Gasteiger charge is -2.30. The van der Waals surface area contributed by atoms with Gasteiger partial charge < -0.3 is 25.7 Å². The van der Waals surface area contributed by atoms with Gasteiger partial charge in [-0.05, 0) is 56.0 Å². The average molecular weight is 407 g/mol. The molecule has 0 unspecified atom stereocenters. The van der Waals surface area contributed by atoms with Crippen molar-refractivity contribution in [2.75, 3.05) is 24.7 Å². The summed E-state index contributed by atoms with van der Waals surface area (Å²) in [6.45, 7) is 2.78. The molecule has 2 aromatic carbocycles. The van der Waals surface area contributed by atoms with Gasteiger partial charge >= 0.3 is 6.03 Å². The fourth-order valence-electron chi connectivity index (χ4n) is 4.03. The summed E-state index contributed by atoms with van der Waals surface area (Å²) < 4.78 is 7.79. The van der Waals surface area contributed by atoms with E-state index in [1.807, 2.05) is 36.4 Å². The van der Waals surface area contributed by atoms with Crippen LogP contribution in [-0.2, 0) is 0 Å². The molecule has 0 radical (unpaired) electrons. The zero-order valence-electron chi connectivity index (χ0n) is 17.7.